The van der Waals surface area contributed by atoms with Crippen LogP contribution < -0.4 is 15.0 Å². The fraction of sp³-hybridized carbons (Fsp3) is 0.432. The maximum atomic E-state index is 12.8. The first-order valence-corrected chi connectivity index (χ1v) is 20.1. The first-order chi connectivity index (χ1) is 27.8. The first-order valence-electron chi connectivity index (χ1n) is 20.1. The third-order valence-corrected chi connectivity index (χ3v) is 12.7. The van der Waals surface area contributed by atoms with Gasteiger partial charge in [0, 0.05) is 124 Å². The quantitative estimate of drug-likeness (QED) is 0.142. The minimum atomic E-state index is -0.245. The van der Waals surface area contributed by atoms with Crippen LogP contribution in [0.5, 0.6) is 5.88 Å². The number of carbonyl (C=O) groups excluding carboxylic acids is 3. The van der Waals surface area contributed by atoms with Crippen molar-refractivity contribution in [3.63, 3.8) is 0 Å². The maximum Gasteiger partial charge on any atom is 0.248 e. The summed E-state index contributed by atoms with van der Waals surface area (Å²) in [5, 5.41) is 4.82. The van der Waals surface area contributed by atoms with E-state index in [9.17, 15) is 14.4 Å². The number of nitrogens with zero attached hydrogens (tertiary/aromatic N) is 6. The monoisotopic (exact) mass is 769 g/mol. The van der Waals surface area contributed by atoms with E-state index in [2.05, 4.69) is 79.2 Å². The summed E-state index contributed by atoms with van der Waals surface area (Å²) in [7, 11) is 2.09. The lowest BCUT2D eigenvalue weighted by Crippen LogP contribution is -2.66. The van der Waals surface area contributed by atoms with Crippen LogP contribution in [-0.4, -0.2) is 106 Å². The topological polar surface area (TPSA) is 131 Å². The molecule has 3 saturated heterocycles. The molecule has 13 nitrogen and oxygen atoms in total. The van der Waals surface area contributed by atoms with Gasteiger partial charge in [-0.3, -0.25) is 29.6 Å². The molecule has 0 radical (unpaired) electrons. The number of benzene rings is 2. The number of nitrogens with one attached hydrogen (secondary N) is 1. The number of hydrogen-bond acceptors (Lipinski definition) is 10. The van der Waals surface area contributed by atoms with Crippen molar-refractivity contribution >= 4 is 45.2 Å². The van der Waals surface area contributed by atoms with Crippen LogP contribution in [0.4, 0.5) is 5.69 Å². The average Bonchev–Trinajstić information content (AvgIpc) is 3.72. The number of aromatic nitrogens is 3. The van der Waals surface area contributed by atoms with E-state index in [1.165, 1.54) is 22.2 Å². The molecule has 2 aromatic carbocycles. The Morgan fingerprint density at radius 2 is 1.74 bits per heavy atom. The van der Waals surface area contributed by atoms with E-state index >= 15 is 0 Å². The van der Waals surface area contributed by atoms with Crippen LogP contribution in [0.1, 0.15) is 43.2 Å². The SMILES string of the molecule is Cn1c2ccncc2c2ccc(-c3ccc(OC4CC5(C4)CN(C(=O)COCCCOC4CN(c6ccc7c(c6)CN(C6CCC(=O)NC6=O)C7)C4)C5)nc3)cc21. The summed E-state index contributed by atoms with van der Waals surface area (Å²) >= 11 is 0. The molecule has 7 heterocycles. The standard InChI is InChI=1S/C44H47N7O6/c1-48-37-11-12-45-20-36(37)35-7-4-28(16-39(35)48)29-5-10-41(46-19-29)57-33-17-44(18-33)26-51(27-44)42(53)25-55-13-2-14-56-34-23-49(24-34)32-6-3-30-21-50(22-31(30)15-32)38-8-9-40(52)47-43(38)54/h3-7,10-12,15-16,19-20,33-34,38H,2,8-9,13-14,17-18,21-27H2,1H3,(H,47,52,54). The van der Waals surface area contributed by atoms with Gasteiger partial charge in [0.25, 0.3) is 0 Å². The molecule has 1 saturated carbocycles. The van der Waals surface area contributed by atoms with Crippen molar-refractivity contribution in [2.75, 3.05) is 50.9 Å². The molecule has 10 rings (SSSR count). The zero-order valence-corrected chi connectivity index (χ0v) is 32.2. The van der Waals surface area contributed by atoms with Crippen LogP contribution in [-0.2, 0) is 44.0 Å². The van der Waals surface area contributed by atoms with Crippen LogP contribution >= 0.6 is 0 Å². The predicted octanol–water partition coefficient (Wildman–Crippen LogP) is 4.59. The number of rotatable bonds is 12. The Bertz CT molecular complexity index is 2360. The van der Waals surface area contributed by atoms with E-state index in [0.717, 1.165) is 86.1 Å². The van der Waals surface area contributed by atoms with Gasteiger partial charge in [0.05, 0.1) is 17.7 Å². The Kier molecular flexibility index (Phi) is 9.18. The van der Waals surface area contributed by atoms with Crippen LogP contribution in [0.2, 0.25) is 0 Å². The summed E-state index contributed by atoms with van der Waals surface area (Å²) in [6.07, 6.45) is 9.51. The van der Waals surface area contributed by atoms with Gasteiger partial charge in [0.2, 0.25) is 23.6 Å². The Morgan fingerprint density at radius 3 is 2.56 bits per heavy atom. The van der Waals surface area contributed by atoms with Gasteiger partial charge in [-0.1, -0.05) is 18.2 Å². The molecule has 4 aliphatic heterocycles. The fourth-order valence-corrected chi connectivity index (χ4v) is 9.48. The number of carbonyl (C=O) groups is 3. The summed E-state index contributed by atoms with van der Waals surface area (Å²) in [6, 6.07) is 18.8. The number of likely N-dealkylation sites (tertiary alicyclic amines) is 1. The second-order valence-corrected chi connectivity index (χ2v) is 16.6. The molecule has 5 aliphatic rings. The molecule has 0 bridgehead atoms. The maximum absolute atomic E-state index is 12.8. The number of hydrogen-bond donors (Lipinski definition) is 1. The van der Waals surface area contributed by atoms with Gasteiger partial charge in [-0.2, -0.15) is 0 Å². The lowest BCUT2D eigenvalue weighted by atomic mass is 9.61. The molecular formula is C44H47N7O6. The molecule has 1 aliphatic carbocycles. The van der Waals surface area contributed by atoms with E-state index in [-0.39, 0.29) is 48.0 Å². The molecule has 1 unspecified atom stereocenters. The molecular weight excluding hydrogens is 723 g/mol. The Balaban J connectivity index is 0.595. The number of ether oxygens (including phenoxy) is 3. The van der Waals surface area contributed by atoms with Gasteiger partial charge in [-0.05, 0) is 72.7 Å². The first kappa shape index (κ1) is 36.0. The summed E-state index contributed by atoms with van der Waals surface area (Å²) in [5.74, 6) is 0.322. The summed E-state index contributed by atoms with van der Waals surface area (Å²) in [5.41, 5.74) is 8.29. The lowest BCUT2D eigenvalue weighted by molar-refractivity contribution is -0.164. The molecule has 1 N–H and O–H groups in total. The van der Waals surface area contributed by atoms with Crippen molar-refractivity contribution < 1.29 is 28.6 Å². The zero-order valence-electron chi connectivity index (χ0n) is 32.2. The Morgan fingerprint density at radius 1 is 0.895 bits per heavy atom. The van der Waals surface area contributed by atoms with Gasteiger partial charge in [-0.25, -0.2) is 4.98 Å². The van der Waals surface area contributed by atoms with E-state index in [4.69, 9.17) is 14.2 Å². The minimum absolute atomic E-state index is 0.0469. The molecule has 13 heteroatoms. The van der Waals surface area contributed by atoms with Gasteiger partial charge in [-0.15, -0.1) is 0 Å². The van der Waals surface area contributed by atoms with Crippen molar-refractivity contribution in [1.82, 2.24) is 29.7 Å². The zero-order chi connectivity index (χ0) is 38.7. The molecule has 4 fully saturated rings. The second kappa shape index (κ2) is 14.5. The number of amides is 3. The molecule has 3 amide bonds. The molecule has 57 heavy (non-hydrogen) atoms. The van der Waals surface area contributed by atoms with Crippen LogP contribution in [0.3, 0.4) is 0 Å². The molecule has 5 aromatic rings. The van der Waals surface area contributed by atoms with Gasteiger partial charge >= 0.3 is 0 Å². The van der Waals surface area contributed by atoms with Gasteiger partial charge < -0.3 is 28.6 Å². The number of piperidine rings is 1. The number of anilines is 1. The molecule has 3 aromatic heterocycles. The van der Waals surface area contributed by atoms with Gasteiger partial charge in [0.1, 0.15) is 12.7 Å². The smallest absolute Gasteiger partial charge is 0.248 e. The number of pyridine rings is 2. The van der Waals surface area contributed by atoms with Crippen molar-refractivity contribution in [2.24, 2.45) is 12.5 Å². The predicted molar refractivity (Wildman–Crippen MR) is 213 cm³/mol. The molecule has 294 valence electrons. The third-order valence-electron chi connectivity index (χ3n) is 12.7. The largest absolute Gasteiger partial charge is 0.474 e. The number of imide groups is 1. The van der Waals surface area contributed by atoms with E-state index in [1.807, 2.05) is 35.6 Å². The van der Waals surface area contributed by atoms with Crippen molar-refractivity contribution in [1.29, 1.82) is 0 Å². The van der Waals surface area contributed by atoms with E-state index < -0.39 is 0 Å². The highest BCUT2D eigenvalue weighted by Crippen LogP contribution is 2.49. The van der Waals surface area contributed by atoms with Crippen molar-refractivity contribution in [3.05, 3.63) is 84.3 Å². The highest BCUT2D eigenvalue weighted by molar-refractivity contribution is 6.08. The lowest BCUT2D eigenvalue weighted by Gasteiger charge is -2.58. The van der Waals surface area contributed by atoms with Crippen molar-refractivity contribution in [2.45, 2.75) is 63.4 Å². The van der Waals surface area contributed by atoms with E-state index in [0.29, 0.717) is 31.9 Å². The van der Waals surface area contributed by atoms with Crippen molar-refractivity contribution in [3.8, 4) is 17.0 Å². The highest BCUT2D eigenvalue weighted by atomic mass is 16.5. The summed E-state index contributed by atoms with van der Waals surface area (Å²) in [4.78, 5) is 52.0. The van der Waals surface area contributed by atoms with E-state index in [1.54, 1.807) is 0 Å². The average molecular weight is 770 g/mol. The molecule has 1 spiro atoms. The minimum Gasteiger partial charge on any atom is -0.474 e. The normalized spacial score (nSPS) is 20.8. The number of fused-ring (bicyclic) bond motifs is 4. The highest BCUT2D eigenvalue weighted by Gasteiger charge is 2.54. The van der Waals surface area contributed by atoms with Crippen LogP contribution in [0.25, 0.3) is 32.9 Å². The fourth-order valence-electron chi connectivity index (χ4n) is 9.48. The summed E-state index contributed by atoms with van der Waals surface area (Å²) < 4.78 is 20.2. The van der Waals surface area contributed by atoms with Gasteiger partial charge in [0.15, 0.2) is 0 Å². The third kappa shape index (κ3) is 6.91. The number of aryl methyl sites for hydroxylation is 1. The Labute approximate surface area is 330 Å². The second-order valence-electron chi connectivity index (χ2n) is 16.6. The Hall–Kier alpha value is -5.37. The summed E-state index contributed by atoms with van der Waals surface area (Å²) in [6.45, 7) is 5.85. The van der Waals surface area contributed by atoms with Crippen LogP contribution in [0.15, 0.2) is 73.2 Å². The molecule has 1 atom stereocenters. The van der Waals surface area contributed by atoms with Crippen LogP contribution in [0, 0.1) is 5.41 Å².